The van der Waals surface area contributed by atoms with Crippen LogP contribution in [0, 0.1) is 12.7 Å². The van der Waals surface area contributed by atoms with Crippen molar-refractivity contribution in [3.63, 3.8) is 0 Å². The Balaban J connectivity index is 1.77. The van der Waals surface area contributed by atoms with Gasteiger partial charge in [0.1, 0.15) is 17.3 Å². The maximum Gasteiger partial charge on any atom is 0.260 e. The minimum absolute atomic E-state index is 0.155. The Bertz CT molecular complexity index is 684. The lowest BCUT2D eigenvalue weighted by molar-refractivity contribution is -0.135. The van der Waals surface area contributed by atoms with Crippen LogP contribution >= 0.6 is 0 Å². The van der Waals surface area contributed by atoms with Crippen LogP contribution < -0.4 is 10.1 Å². The Morgan fingerprint density at radius 3 is 2.65 bits per heavy atom. The van der Waals surface area contributed by atoms with Crippen LogP contribution in [-0.2, 0) is 9.59 Å². The average molecular weight is 321 g/mol. The van der Waals surface area contributed by atoms with Gasteiger partial charge in [0, 0.05) is 13.1 Å². The number of ether oxygens (including phenoxy) is 1. The van der Waals surface area contributed by atoms with E-state index >= 15 is 0 Å². The van der Waals surface area contributed by atoms with Gasteiger partial charge < -0.3 is 19.5 Å². The van der Waals surface area contributed by atoms with Gasteiger partial charge in [-0.3, -0.25) is 9.59 Å². The highest BCUT2D eigenvalue weighted by molar-refractivity contribution is 5.93. The first kappa shape index (κ1) is 16.5. The van der Waals surface area contributed by atoms with E-state index in [2.05, 4.69) is 10.5 Å². The van der Waals surface area contributed by atoms with E-state index < -0.39 is 5.91 Å². The molecule has 23 heavy (non-hydrogen) atoms. The number of hydrogen-bond donors (Lipinski definition) is 1. The molecule has 2 aromatic rings. The van der Waals surface area contributed by atoms with Crippen LogP contribution in [0.4, 0.5) is 10.2 Å². The topological polar surface area (TPSA) is 84.7 Å². The number of aryl methyl sites for hydroxylation is 1. The van der Waals surface area contributed by atoms with E-state index in [1.54, 1.807) is 13.0 Å². The molecule has 8 heteroatoms. The van der Waals surface area contributed by atoms with Crippen molar-refractivity contribution in [2.45, 2.75) is 6.92 Å². The number of carbonyl (C=O) groups excluding carboxylic acids is 2. The summed E-state index contributed by atoms with van der Waals surface area (Å²) in [6.45, 7) is 1.29. The van der Waals surface area contributed by atoms with Gasteiger partial charge in [-0.05, 0) is 31.2 Å². The molecule has 0 aliphatic rings. The molecule has 2 rings (SSSR count). The molecule has 0 fully saturated rings. The number of amides is 2. The highest BCUT2D eigenvalue weighted by Crippen LogP contribution is 2.11. The van der Waals surface area contributed by atoms with E-state index in [0.29, 0.717) is 11.5 Å². The van der Waals surface area contributed by atoms with Crippen molar-refractivity contribution in [1.29, 1.82) is 0 Å². The second-order valence-electron chi connectivity index (χ2n) is 4.86. The molecule has 0 bridgehead atoms. The maximum atomic E-state index is 12.8. The maximum absolute atomic E-state index is 12.8. The summed E-state index contributed by atoms with van der Waals surface area (Å²) in [6, 6.07) is 6.87. The zero-order valence-electron chi connectivity index (χ0n) is 12.7. The van der Waals surface area contributed by atoms with E-state index in [1.807, 2.05) is 0 Å². The van der Waals surface area contributed by atoms with E-state index in [9.17, 15) is 14.0 Å². The summed E-state index contributed by atoms with van der Waals surface area (Å²) >= 11 is 0. The van der Waals surface area contributed by atoms with E-state index in [1.165, 1.54) is 36.2 Å². The van der Waals surface area contributed by atoms with Crippen LogP contribution in [0.3, 0.4) is 0 Å². The van der Waals surface area contributed by atoms with Gasteiger partial charge in [0.05, 0.1) is 6.54 Å². The molecule has 0 saturated heterocycles. The highest BCUT2D eigenvalue weighted by atomic mass is 19.1. The third-order valence-corrected chi connectivity index (χ3v) is 2.88. The van der Waals surface area contributed by atoms with Crippen molar-refractivity contribution < 1.29 is 23.2 Å². The highest BCUT2D eigenvalue weighted by Gasteiger charge is 2.14. The minimum atomic E-state index is -0.407. The summed E-state index contributed by atoms with van der Waals surface area (Å²) < 4.78 is 22.8. The Kier molecular flexibility index (Phi) is 5.29. The predicted octanol–water partition coefficient (Wildman–Crippen LogP) is 1.60. The SMILES string of the molecule is Cc1cc(NC(=O)CN(C)C(=O)COc2ccc(F)cc2)no1. The molecule has 0 spiro atoms. The Labute approximate surface area is 132 Å². The molecule has 1 aromatic carbocycles. The average Bonchev–Trinajstić information content (AvgIpc) is 2.91. The van der Waals surface area contributed by atoms with Crippen molar-refractivity contribution in [1.82, 2.24) is 10.1 Å². The molecule has 0 radical (unpaired) electrons. The molecule has 0 saturated carbocycles. The molecule has 0 aliphatic carbocycles. The first-order chi connectivity index (χ1) is 10.9. The number of hydrogen-bond acceptors (Lipinski definition) is 5. The lowest BCUT2D eigenvalue weighted by atomic mass is 10.3. The Morgan fingerprint density at radius 1 is 1.35 bits per heavy atom. The number of aromatic nitrogens is 1. The van der Waals surface area contributed by atoms with Gasteiger partial charge in [0.25, 0.3) is 5.91 Å². The first-order valence-corrected chi connectivity index (χ1v) is 6.79. The quantitative estimate of drug-likeness (QED) is 0.873. The molecule has 1 N–H and O–H groups in total. The van der Waals surface area contributed by atoms with Gasteiger partial charge in [0.15, 0.2) is 12.4 Å². The van der Waals surface area contributed by atoms with Gasteiger partial charge in [-0.15, -0.1) is 0 Å². The second kappa shape index (κ2) is 7.39. The standard InChI is InChI=1S/C15H16FN3O4/c1-10-7-13(18-23-10)17-14(20)8-19(2)15(21)9-22-12-5-3-11(16)4-6-12/h3-7H,8-9H2,1-2H3,(H,17,18,20). The largest absolute Gasteiger partial charge is 0.484 e. The zero-order valence-corrected chi connectivity index (χ0v) is 12.7. The Morgan fingerprint density at radius 2 is 2.04 bits per heavy atom. The van der Waals surface area contributed by atoms with E-state index in [-0.39, 0.29) is 30.7 Å². The molecule has 0 atom stereocenters. The number of anilines is 1. The van der Waals surface area contributed by atoms with Crippen molar-refractivity contribution in [3.05, 3.63) is 41.9 Å². The van der Waals surface area contributed by atoms with Gasteiger partial charge >= 0.3 is 0 Å². The van der Waals surface area contributed by atoms with Crippen molar-refractivity contribution in [2.24, 2.45) is 0 Å². The fourth-order valence-electron chi connectivity index (χ4n) is 1.70. The van der Waals surface area contributed by atoms with Crippen molar-refractivity contribution >= 4 is 17.6 Å². The Hall–Kier alpha value is -2.90. The summed E-state index contributed by atoms with van der Waals surface area (Å²) in [5, 5.41) is 6.13. The monoisotopic (exact) mass is 321 g/mol. The molecular weight excluding hydrogens is 305 g/mol. The van der Waals surface area contributed by atoms with Crippen LogP contribution in [0.2, 0.25) is 0 Å². The number of nitrogens with one attached hydrogen (secondary N) is 1. The molecule has 2 amide bonds. The second-order valence-corrected chi connectivity index (χ2v) is 4.86. The third-order valence-electron chi connectivity index (χ3n) is 2.88. The summed E-state index contributed by atoms with van der Waals surface area (Å²) in [4.78, 5) is 24.9. The van der Waals surface area contributed by atoms with Crippen LogP contribution in [0.1, 0.15) is 5.76 Å². The minimum Gasteiger partial charge on any atom is -0.484 e. The normalized spacial score (nSPS) is 10.2. The fraction of sp³-hybridized carbons (Fsp3) is 0.267. The predicted molar refractivity (Wildman–Crippen MR) is 79.4 cm³/mol. The number of likely N-dealkylation sites (N-methyl/N-ethyl adjacent to an activating group) is 1. The number of halogens is 1. The lowest BCUT2D eigenvalue weighted by Gasteiger charge is -2.16. The van der Waals surface area contributed by atoms with E-state index in [0.717, 1.165) is 0 Å². The van der Waals surface area contributed by atoms with Gasteiger partial charge in [-0.1, -0.05) is 5.16 Å². The third kappa shape index (κ3) is 5.10. The number of carbonyl (C=O) groups is 2. The molecule has 7 nitrogen and oxygen atoms in total. The molecule has 122 valence electrons. The van der Waals surface area contributed by atoms with Crippen molar-refractivity contribution in [2.75, 3.05) is 25.5 Å². The summed E-state index contributed by atoms with van der Waals surface area (Å²) in [7, 11) is 1.48. The summed E-state index contributed by atoms with van der Waals surface area (Å²) in [6.07, 6.45) is 0. The van der Waals surface area contributed by atoms with Crippen LogP contribution in [0.25, 0.3) is 0 Å². The number of benzene rings is 1. The lowest BCUT2D eigenvalue weighted by Crippen LogP contribution is -2.37. The van der Waals surface area contributed by atoms with E-state index in [4.69, 9.17) is 9.26 Å². The molecular formula is C15H16FN3O4. The molecule has 0 aliphatic heterocycles. The number of nitrogens with zero attached hydrogens (tertiary/aromatic N) is 2. The summed E-state index contributed by atoms with van der Waals surface area (Å²) in [5.41, 5.74) is 0. The van der Waals surface area contributed by atoms with Crippen LogP contribution in [0.5, 0.6) is 5.75 Å². The zero-order chi connectivity index (χ0) is 16.8. The van der Waals surface area contributed by atoms with Crippen molar-refractivity contribution in [3.8, 4) is 5.75 Å². The van der Waals surface area contributed by atoms with Gasteiger partial charge in [-0.2, -0.15) is 0 Å². The van der Waals surface area contributed by atoms with Crippen LogP contribution in [-0.4, -0.2) is 42.1 Å². The molecule has 1 aromatic heterocycles. The van der Waals surface area contributed by atoms with Crippen LogP contribution in [0.15, 0.2) is 34.9 Å². The summed E-state index contributed by atoms with van der Waals surface area (Å²) in [5.74, 6) is 0.0429. The smallest absolute Gasteiger partial charge is 0.260 e. The fourth-order valence-corrected chi connectivity index (χ4v) is 1.70. The number of rotatable bonds is 6. The molecule has 0 unspecified atom stereocenters. The van der Waals surface area contributed by atoms with Gasteiger partial charge in [-0.25, -0.2) is 4.39 Å². The first-order valence-electron chi connectivity index (χ1n) is 6.79. The van der Waals surface area contributed by atoms with Gasteiger partial charge in [0.2, 0.25) is 5.91 Å². The molecule has 1 heterocycles.